The Bertz CT molecular complexity index is 1420. The number of hydrogen-bond donors (Lipinski definition) is 4. The van der Waals surface area contributed by atoms with Crippen molar-refractivity contribution < 1.29 is 49.0 Å². The van der Waals surface area contributed by atoms with Crippen LogP contribution in [0.3, 0.4) is 0 Å². The number of phenolic OH excluding ortho intramolecular Hbond substituents is 2. The third kappa shape index (κ3) is 4.20. The zero-order chi connectivity index (χ0) is 29.3. The number of aromatic hydroxyl groups is 2. The monoisotopic (exact) mass is 555 g/mol. The summed E-state index contributed by atoms with van der Waals surface area (Å²) in [6, 6.07) is 4.13. The number of aliphatic hydroxyl groups excluding tert-OH is 1. The number of carbonyl (C=O) groups excluding carboxylic acids is 3. The standard InChI is InChI=1S/C29H33NO10/c1-12-24(32)16(30(3)4)9-19(39-12)40-18-11-29(37,13(2)31)10-15-21(18)28(36)23-22(26(15)34)25(33)14-7-6-8-17(38-5)20(14)27(23)35/h6-8,12,16,18-19,24,32,34,36-37H,9-11H2,1-5H3/t12-,16-,18-,19+,24+,29+/m1/s1. The van der Waals surface area contributed by atoms with E-state index >= 15 is 0 Å². The third-order valence-electron chi connectivity index (χ3n) is 8.39. The fourth-order valence-corrected chi connectivity index (χ4v) is 6.11. The number of phenols is 2. The smallest absolute Gasteiger partial charge is 0.202 e. The molecule has 214 valence electrons. The van der Waals surface area contributed by atoms with Crippen LogP contribution in [0.2, 0.25) is 0 Å². The molecule has 2 aromatic rings. The highest BCUT2D eigenvalue weighted by Gasteiger charge is 2.49. The highest BCUT2D eigenvalue weighted by atomic mass is 16.7. The molecule has 0 amide bonds. The molecule has 0 aromatic heterocycles. The van der Waals surface area contributed by atoms with E-state index < -0.39 is 76.6 Å². The summed E-state index contributed by atoms with van der Waals surface area (Å²) in [5.41, 5.74) is -2.92. The quantitative estimate of drug-likeness (QED) is 0.339. The molecule has 3 aliphatic rings. The van der Waals surface area contributed by atoms with E-state index in [0.29, 0.717) is 0 Å². The summed E-state index contributed by atoms with van der Waals surface area (Å²) >= 11 is 0. The van der Waals surface area contributed by atoms with E-state index in [9.17, 15) is 34.8 Å². The Kier molecular flexibility index (Phi) is 7.00. The van der Waals surface area contributed by atoms with Crippen LogP contribution < -0.4 is 4.74 Å². The number of nitrogens with zero attached hydrogens (tertiary/aromatic N) is 1. The summed E-state index contributed by atoms with van der Waals surface area (Å²) in [5.74, 6) is -3.08. The number of carbonyl (C=O) groups is 3. The van der Waals surface area contributed by atoms with Crippen LogP contribution in [0.5, 0.6) is 17.2 Å². The van der Waals surface area contributed by atoms with Crippen molar-refractivity contribution in [2.75, 3.05) is 21.2 Å². The van der Waals surface area contributed by atoms with Crippen molar-refractivity contribution in [3.05, 3.63) is 51.6 Å². The van der Waals surface area contributed by atoms with Crippen molar-refractivity contribution in [3.63, 3.8) is 0 Å². The van der Waals surface area contributed by atoms with E-state index in [0.717, 1.165) is 0 Å². The predicted octanol–water partition coefficient (Wildman–Crippen LogP) is 1.63. The summed E-state index contributed by atoms with van der Waals surface area (Å²) in [6.07, 6.45) is -4.02. The normalized spacial score (nSPS) is 29.6. The van der Waals surface area contributed by atoms with Gasteiger partial charge in [-0.3, -0.25) is 14.4 Å². The maximum Gasteiger partial charge on any atom is 0.202 e. The zero-order valence-electron chi connectivity index (χ0n) is 22.9. The van der Waals surface area contributed by atoms with Gasteiger partial charge in [0.2, 0.25) is 5.78 Å². The first-order chi connectivity index (χ1) is 18.8. The van der Waals surface area contributed by atoms with Gasteiger partial charge in [0, 0.05) is 42.0 Å². The summed E-state index contributed by atoms with van der Waals surface area (Å²) in [7, 11) is 4.96. The highest BCUT2D eigenvalue weighted by molar-refractivity contribution is 6.31. The Hall–Kier alpha value is -3.35. The van der Waals surface area contributed by atoms with Gasteiger partial charge in [-0.1, -0.05) is 12.1 Å². The lowest BCUT2D eigenvalue weighted by Gasteiger charge is -2.44. The van der Waals surface area contributed by atoms with E-state index in [1.54, 1.807) is 21.0 Å². The van der Waals surface area contributed by atoms with Crippen LogP contribution in [0.25, 0.3) is 0 Å². The van der Waals surface area contributed by atoms with Gasteiger partial charge in [0.25, 0.3) is 0 Å². The Balaban J connectivity index is 1.66. The average Bonchev–Trinajstić information content (AvgIpc) is 2.90. The van der Waals surface area contributed by atoms with Crippen LogP contribution in [0, 0.1) is 0 Å². The van der Waals surface area contributed by atoms with E-state index in [4.69, 9.17) is 14.2 Å². The van der Waals surface area contributed by atoms with Gasteiger partial charge >= 0.3 is 0 Å². The second-order valence-corrected chi connectivity index (χ2v) is 11.0. The number of benzene rings is 2. The topological polar surface area (TPSA) is 163 Å². The molecule has 4 N–H and O–H groups in total. The van der Waals surface area contributed by atoms with Gasteiger partial charge in [-0.2, -0.15) is 0 Å². The summed E-state index contributed by atoms with van der Waals surface area (Å²) < 4.78 is 17.4. The molecular formula is C29H33NO10. The fraction of sp³-hybridized carbons (Fsp3) is 0.483. The maximum absolute atomic E-state index is 13.7. The Morgan fingerprint density at radius 2 is 1.77 bits per heavy atom. The number of ether oxygens (including phenoxy) is 3. The van der Waals surface area contributed by atoms with Gasteiger partial charge in [0.1, 0.15) is 22.8 Å². The number of fused-ring (bicyclic) bond motifs is 3. The van der Waals surface area contributed by atoms with Crippen molar-refractivity contribution in [1.82, 2.24) is 4.90 Å². The van der Waals surface area contributed by atoms with Crippen molar-refractivity contribution in [2.45, 2.75) is 69.4 Å². The molecular weight excluding hydrogens is 522 g/mol. The molecule has 5 rings (SSSR count). The van der Waals surface area contributed by atoms with E-state index in [2.05, 4.69) is 0 Å². The first-order valence-corrected chi connectivity index (χ1v) is 13.1. The van der Waals surface area contributed by atoms with E-state index in [1.807, 2.05) is 4.90 Å². The molecule has 1 heterocycles. The number of Topliss-reactive ketones (excluding diaryl/α,β-unsaturated/α-hetero) is 1. The number of likely N-dealkylation sites (N-methyl/N-ethyl adjacent to an activating group) is 1. The van der Waals surface area contributed by atoms with Gasteiger partial charge < -0.3 is 39.5 Å². The molecule has 40 heavy (non-hydrogen) atoms. The lowest BCUT2D eigenvalue weighted by molar-refractivity contribution is -0.256. The Labute approximate surface area is 230 Å². The minimum atomic E-state index is -1.99. The van der Waals surface area contributed by atoms with E-state index in [-0.39, 0.29) is 46.9 Å². The van der Waals surface area contributed by atoms with Crippen molar-refractivity contribution in [1.29, 1.82) is 0 Å². The van der Waals surface area contributed by atoms with Crippen LogP contribution in [-0.2, 0) is 20.7 Å². The number of hydrogen-bond acceptors (Lipinski definition) is 11. The van der Waals surface area contributed by atoms with Crippen LogP contribution in [-0.4, -0.2) is 94.0 Å². The average molecular weight is 556 g/mol. The summed E-state index contributed by atoms with van der Waals surface area (Å²) in [6.45, 7) is 2.89. The van der Waals surface area contributed by atoms with Gasteiger partial charge in [-0.05, 0) is 34.0 Å². The molecule has 0 saturated carbocycles. The van der Waals surface area contributed by atoms with Crippen LogP contribution >= 0.6 is 0 Å². The lowest BCUT2D eigenvalue weighted by atomic mass is 9.72. The molecule has 1 fully saturated rings. The van der Waals surface area contributed by atoms with Crippen LogP contribution in [0.15, 0.2) is 18.2 Å². The third-order valence-corrected chi connectivity index (χ3v) is 8.39. The fourth-order valence-electron chi connectivity index (χ4n) is 6.11. The molecule has 1 saturated heterocycles. The SMILES string of the molecule is COc1cccc2c1C(=O)c1c(O)c3c(c(O)c1C2=O)C[C@@](O)(C(C)=O)C[C@H]3O[C@H]1C[C@@H](N(C)C)[C@@H](O)[C@@H](C)O1. The number of methoxy groups -OCH3 is 1. The molecule has 2 aliphatic carbocycles. The molecule has 11 nitrogen and oxygen atoms in total. The molecule has 0 spiro atoms. The Morgan fingerprint density at radius 3 is 2.40 bits per heavy atom. The zero-order valence-corrected chi connectivity index (χ0v) is 22.9. The van der Waals surface area contributed by atoms with Crippen molar-refractivity contribution in [2.24, 2.45) is 0 Å². The van der Waals surface area contributed by atoms with Gasteiger partial charge in [0.15, 0.2) is 17.9 Å². The number of rotatable bonds is 5. The first kappa shape index (κ1) is 28.2. The van der Waals surface area contributed by atoms with Crippen molar-refractivity contribution >= 4 is 17.3 Å². The number of ketones is 3. The molecule has 0 unspecified atom stereocenters. The summed E-state index contributed by atoms with van der Waals surface area (Å²) in [4.78, 5) is 41.7. The van der Waals surface area contributed by atoms with Gasteiger partial charge in [0.05, 0.1) is 42.1 Å². The van der Waals surface area contributed by atoms with Crippen LogP contribution in [0.4, 0.5) is 0 Å². The lowest BCUT2D eigenvalue weighted by Crippen LogP contribution is -2.54. The maximum atomic E-state index is 13.7. The Morgan fingerprint density at radius 1 is 1.10 bits per heavy atom. The highest BCUT2D eigenvalue weighted by Crippen LogP contribution is 2.52. The first-order valence-electron chi connectivity index (χ1n) is 13.1. The predicted molar refractivity (Wildman–Crippen MR) is 140 cm³/mol. The second kappa shape index (κ2) is 9.93. The molecule has 0 bridgehead atoms. The summed E-state index contributed by atoms with van der Waals surface area (Å²) in [5, 5.41) is 44.9. The van der Waals surface area contributed by atoms with E-state index in [1.165, 1.54) is 32.2 Å². The molecule has 6 atom stereocenters. The second-order valence-electron chi connectivity index (χ2n) is 11.0. The molecule has 0 radical (unpaired) electrons. The largest absolute Gasteiger partial charge is 0.507 e. The molecule has 11 heteroatoms. The minimum Gasteiger partial charge on any atom is -0.507 e. The van der Waals surface area contributed by atoms with Gasteiger partial charge in [-0.25, -0.2) is 0 Å². The molecule has 2 aromatic carbocycles. The van der Waals surface area contributed by atoms with Crippen molar-refractivity contribution in [3.8, 4) is 17.2 Å². The van der Waals surface area contributed by atoms with Gasteiger partial charge in [-0.15, -0.1) is 0 Å². The minimum absolute atomic E-state index is 0.00480. The molecule has 1 aliphatic heterocycles. The van der Waals surface area contributed by atoms with Crippen LogP contribution in [0.1, 0.15) is 75.8 Å². The number of aliphatic hydroxyl groups is 2.